The van der Waals surface area contributed by atoms with Gasteiger partial charge in [-0.2, -0.15) is 0 Å². The zero-order valence-corrected chi connectivity index (χ0v) is 16.9. The fourth-order valence-electron chi connectivity index (χ4n) is 3.36. The summed E-state index contributed by atoms with van der Waals surface area (Å²) in [5.74, 6) is -0.650. The van der Waals surface area contributed by atoms with Crippen molar-refractivity contribution in [2.75, 3.05) is 13.2 Å². The van der Waals surface area contributed by atoms with Crippen LogP contribution in [0.5, 0.6) is 5.75 Å². The van der Waals surface area contributed by atoms with Crippen molar-refractivity contribution in [1.29, 1.82) is 0 Å². The number of carboxylic acids is 1. The molecule has 1 aliphatic heterocycles. The summed E-state index contributed by atoms with van der Waals surface area (Å²) in [6.45, 7) is 6.90. The van der Waals surface area contributed by atoms with Crippen LogP contribution in [0.25, 0.3) is 10.9 Å². The SMILES string of the molecule is CC(C)(C)OC(=O)NCCCc1cc2c3c(c1)c(=O)c(C(=O)O)cn3CCCO2.[NaH]. The first kappa shape index (κ1) is 24.2. The van der Waals surface area contributed by atoms with E-state index in [1.54, 1.807) is 31.4 Å². The summed E-state index contributed by atoms with van der Waals surface area (Å²) in [4.78, 5) is 35.9. The molecule has 9 heteroatoms. The molecule has 3 rings (SSSR count). The number of pyridine rings is 1. The minimum absolute atomic E-state index is 0. The number of nitrogens with one attached hydrogen (secondary N) is 1. The van der Waals surface area contributed by atoms with Gasteiger partial charge in [0, 0.05) is 19.3 Å². The number of ether oxygens (including phenoxy) is 2. The summed E-state index contributed by atoms with van der Waals surface area (Å²) in [5, 5.41) is 12.4. The molecule has 8 nitrogen and oxygen atoms in total. The van der Waals surface area contributed by atoms with Gasteiger partial charge in [-0.3, -0.25) is 4.79 Å². The van der Waals surface area contributed by atoms with Crippen molar-refractivity contribution in [1.82, 2.24) is 9.88 Å². The number of aryl methyl sites for hydroxylation is 2. The van der Waals surface area contributed by atoms with Crippen molar-refractivity contribution in [2.24, 2.45) is 0 Å². The number of carbonyl (C=O) groups excluding carboxylic acids is 1. The molecule has 0 fully saturated rings. The van der Waals surface area contributed by atoms with E-state index in [0.29, 0.717) is 49.2 Å². The van der Waals surface area contributed by atoms with Gasteiger partial charge in [-0.25, -0.2) is 9.59 Å². The molecule has 2 N–H and O–H groups in total. The molecule has 0 radical (unpaired) electrons. The number of rotatable bonds is 5. The van der Waals surface area contributed by atoms with Crippen molar-refractivity contribution < 1.29 is 24.2 Å². The number of benzene rings is 1. The molecule has 2 heterocycles. The van der Waals surface area contributed by atoms with E-state index in [1.165, 1.54) is 6.20 Å². The van der Waals surface area contributed by atoms with Crippen molar-refractivity contribution in [3.05, 3.63) is 39.7 Å². The third-order valence-electron chi connectivity index (χ3n) is 4.54. The molecule has 30 heavy (non-hydrogen) atoms. The average Bonchev–Trinajstić information content (AvgIpc) is 2.82. The van der Waals surface area contributed by atoms with Gasteiger partial charge in [0.15, 0.2) is 0 Å². The second-order valence-corrected chi connectivity index (χ2v) is 8.09. The number of carboxylic acid groups (broad SMARTS) is 1. The molecule has 2 aromatic rings. The van der Waals surface area contributed by atoms with Crippen LogP contribution in [0.15, 0.2) is 23.1 Å². The molecule has 1 aromatic heterocycles. The van der Waals surface area contributed by atoms with E-state index in [4.69, 9.17) is 9.47 Å². The van der Waals surface area contributed by atoms with Crippen LogP contribution in [-0.4, -0.2) is 70.0 Å². The van der Waals surface area contributed by atoms with Gasteiger partial charge in [0.05, 0.1) is 17.5 Å². The Morgan fingerprint density at radius 3 is 2.70 bits per heavy atom. The van der Waals surface area contributed by atoms with Gasteiger partial charge >= 0.3 is 41.6 Å². The van der Waals surface area contributed by atoms with Gasteiger partial charge in [0.25, 0.3) is 0 Å². The molecular formula is C21H27N2NaO6. The van der Waals surface area contributed by atoms with Crippen LogP contribution in [0.4, 0.5) is 4.79 Å². The van der Waals surface area contributed by atoms with E-state index in [-0.39, 0.29) is 35.1 Å². The Labute approximate surface area is 196 Å². The molecule has 0 aliphatic carbocycles. The summed E-state index contributed by atoms with van der Waals surface area (Å²) in [7, 11) is 0. The zero-order chi connectivity index (χ0) is 21.2. The van der Waals surface area contributed by atoms with Crippen LogP contribution in [0.2, 0.25) is 0 Å². The standard InChI is InChI=1S/C21H26N2O6.Na.H/c1-21(2,3)29-20(27)22-7-4-6-13-10-14-17-16(11-13)28-9-5-8-23(17)12-15(18(14)24)19(25)26;;/h10-12H,4-9H2,1-3H3,(H,22,27)(H,25,26);;. The normalized spacial score (nSPS) is 13.0. The minimum atomic E-state index is -1.24. The zero-order valence-electron chi connectivity index (χ0n) is 16.9. The number of hydrogen-bond donors (Lipinski definition) is 2. The average molecular weight is 426 g/mol. The van der Waals surface area contributed by atoms with Gasteiger partial charge < -0.3 is 24.5 Å². The number of carbonyl (C=O) groups is 2. The van der Waals surface area contributed by atoms with Gasteiger partial charge in [0.2, 0.25) is 5.43 Å². The number of hydrogen-bond acceptors (Lipinski definition) is 5. The van der Waals surface area contributed by atoms with Crippen LogP contribution in [0.1, 0.15) is 49.5 Å². The molecule has 0 bridgehead atoms. The second kappa shape index (κ2) is 9.85. The topological polar surface area (TPSA) is 107 Å². The fourth-order valence-corrected chi connectivity index (χ4v) is 3.36. The molecule has 1 amide bonds. The number of aromatic nitrogens is 1. The first-order chi connectivity index (χ1) is 13.7. The molecule has 0 saturated heterocycles. The molecular weight excluding hydrogens is 399 g/mol. The number of nitrogens with zero attached hydrogens (tertiary/aromatic N) is 1. The quantitative estimate of drug-likeness (QED) is 0.561. The van der Waals surface area contributed by atoms with Crippen LogP contribution in [0.3, 0.4) is 0 Å². The summed E-state index contributed by atoms with van der Waals surface area (Å²) >= 11 is 0. The Hall–Kier alpha value is -2.03. The maximum atomic E-state index is 12.7. The van der Waals surface area contributed by atoms with Crippen molar-refractivity contribution >= 4 is 52.5 Å². The Morgan fingerprint density at radius 1 is 1.30 bits per heavy atom. The van der Waals surface area contributed by atoms with Gasteiger partial charge in [-0.15, -0.1) is 0 Å². The molecule has 0 unspecified atom stereocenters. The van der Waals surface area contributed by atoms with E-state index < -0.39 is 23.1 Å². The molecule has 0 atom stereocenters. The molecule has 158 valence electrons. The maximum absolute atomic E-state index is 12.7. The van der Waals surface area contributed by atoms with E-state index in [9.17, 15) is 19.5 Å². The number of alkyl carbamates (subject to hydrolysis) is 1. The number of amides is 1. The Bertz CT molecular complexity index is 1010. The van der Waals surface area contributed by atoms with E-state index in [0.717, 1.165) is 12.0 Å². The van der Waals surface area contributed by atoms with Gasteiger partial charge in [-0.05, 0) is 57.7 Å². The van der Waals surface area contributed by atoms with Crippen LogP contribution >= 0.6 is 0 Å². The van der Waals surface area contributed by atoms with E-state index >= 15 is 0 Å². The van der Waals surface area contributed by atoms with Crippen LogP contribution < -0.4 is 15.5 Å². The summed E-state index contributed by atoms with van der Waals surface area (Å²) in [6.07, 6.45) is 2.88. The fraction of sp³-hybridized carbons (Fsp3) is 0.476. The number of aromatic carboxylic acids is 1. The van der Waals surface area contributed by atoms with Crippen molar-refractivity contribution in [2.45, 2.75) is 52.2 Å². The third kappa shape index (κ3) is 5.77. The first-order valence-corrected chi connectivity index (χ1v) is 9.69. The molecule has 1 aliphatic rings. The Morgan fingerprint density at radius 2 is 2.03 bits per heavy atom. The van der Waals surface area contributed by atoms with Gasteiger partial charge in [0.1, 0.15) is 16.9 Å². The van der Waals surface area contributed by atoms with Crippen LogP contribution in [-0.2, 0) is 17.7 Å². The van der Waals surface area contributed by atoms with E-state index in [1.807, 2.05) is 6.07 Å². The third-order valence-corrected chi connectivity index (χ3v) is 4.54. The monoisotopic (exact) mass is 426 g/mol. The Kier molecular flexibility index (Phi) is 7.96. The molecule has 0 spiro atoms. The summed E-state index contributed by atoms with van der Waals surface area (Å²) in [5.41, 5.74) is 0.181. The van der Waals surface area contributed by atoms with Gasteiger partial charge in [-0.1, -0.05) is 0 Å². The summed E-state index contributed by atoms with van der Waals surface area (Å²) < 4.78 is 12.8. The molecule has 0 saturated carbocycles. The van der Waals surface area contributed by atoms with Crippen molar-refractivity contribution in [3.63, 3.8) is 0 Å². The van der Waals surface area contributed by atoms with E-state index in [2.05, 4.69) is 5.32 Å². The predicted octanol–water partition coefficient (Wildman–Crippen LogP) is 2.29. The second-order valence-electron chi connectivity index (χ2n) is 8.09. The van der Waals surface area contributed by atoms with Crippen molar-refractivity contribution in [3.8, 4) is 5.75 Å². The molecule has 1 aromatic carbocycles. The first-order valence-electron chi connectivity index (χ1n) is 9.69. The van der Waals surface area contributed by atoms with Crippen LogP contribution in [0, 0.1) is 0 Å². The summed E-state index contributed by atoms with van der Waals surface area (Å²) in [6, 6.07) is 3.61. The Balaban J connectivity index is 0.00000320. The predicted molar refractivity (Wildman–Crippen MR) is 115 cm³/mol.